The second-order valence-corrected chi connectivity index (χ2v) is 5.37. The predicted molar refractivity (Wildman–Crippen MR) is 89.2 cm³/mol. The van der Waals surface area contributed by atoms with E-state index in [1.54, 1.807) is 21.7 Å². The topological polar surface area (TPSA) is 45.2 Å². The van der Waals surface area contributed by atoms with Crippen molar-refractivity contribution in [1.82, 2.24) is 15.2 Å². The Morgan fingerprint density at radius 1 is 1.38 bits per heavy atom. The largest absolute Gasteiger partial charge is 0.336 e. The first-order valence-corrected chi connectivity index (χ1v) is 7.51. The molecule has 0 unspecified atom stereocenters. The van der Waals surface area contributed by atoms with Gasteiger partial charge < -0.3 is 10.2 Å². The van der Waals surface area contributed by atoms with Gasteiger partial charge in [0.2, 0.25) is 0 Å². The summed E-state index contributed by atoms with van der Waals surface area (Å²) in [6.07, 6.45) is 0.850. The van der Waals surface area contributed by atoms with Crippen molar-refractivity contribution in [3.05, 3.63) is 52.0 Å². The van der Waals surface area contributed by atoms with Gasteiger partial charge in [-0.2, -0.15) is 0 Å². The summed E-state index contributed by atoms with van der Waals surface area (Å²) in [6, 6.07) is 7.79. The Morgan fingerprint density at radius 3 is 2.81 bits per heavy atom. The summed E-state index contributed by atoms with van der Waals surface area (Å²) in [5, 5.41) is 5.08. The molecule has 1 N–H and O–H groups in total. The van der Waals surface area contributed by atoms with Crippen LogP contribution in [0.3, 0.4) is 0 Å². The van der Waals surface area contributed by atoms with Crippen LogP contribution < -0.4 is 5.32 Å². The van der Waals surface area contributed by atoms with Gasteiger partial charge in [0.15, 0.2) is 0 Å². The number of hydrogen-bond donors (Lipinski definition) is 1. The highest BCUT2D eigenvalue weighted by atomic mass is 35.5. The molecule has 0 radical (unpaired) electrons. The molecule has 4 nitrogen and oxygen atoms in total. The molecule has 0 spiro atoms. The van der Waals surface area contributed by atoms with E-state index in [1.165, 1.54) is 0 Å². The van der Waals surface area contributed by atoms with E-state index in [0.717, 1.165) is 29.8 Å². The molecule has 0 bridgehead atoms. The summed E-state index contributed by atoms with van der Waals surface area (Å²) in [5.41, 5.74) is 4.57. The Hall–Kier alpha value is -1.43. The lowest BCUT2D eigenvalue weighted by atomic mass is 10.0. The van der Waals surface area contributed by atoms with Gasteiger partial charge in [-0.3, -0.25) is 4.79 Å². The molecule has 1 aromatic heterocycles. The number of carbonyl (C=O) groups excluding carboxylic acids is 1. The van der Waals surface area contributed by atoms with Crippen molar-refractivity contribution < 1.29 is 4.79 Å². The van der Waals surface area contributed by atoms with Crippen molar-refractivity contribution in [2.45, 2.75) is 13.0 Å². The Morgan fingerprint density at radius 2 is 2.14 bits per heavy atom. The van der Waals surface area contributed by atoms with Crippen molar-refractivity contribution in [2.75, 3.05) is 20.6 Å². The molecule has 2 rings (SSSR count). The van der Waals surface area contributed by atoms with Crippen LogP contribution in [0.5, 0.6) is 0 Å². The van der Waals surface area contributed by atoms with Gasteiger partial charge in [0.25, 0.3) is 5.91 Å². The highest BCUT2D eigenvalue weighted by Gasteiger charge is 2.15. The zero-order valence-corrected chi connectivity index (χ0v) is 13.8. The zero-order valence-electron chi connectivity index (χ0n) is 12.2. The number of benzene rings is 1. The number of halogens is 1. The Labute approximate surface area is 135 Å². The second-order valence-electron chi connectivity index (χ2n) is 4.65. The van der Waals surface area contributed by atoms with Crippen LogP contribution in [0.2, 0.25) is 0 Å². The minimum Gasteiger partial charge on any atom is -0.336 e. The summed E-state index contributed by atoms with van der Waals surface area (Å²) in [5.74, 6) is 0.0460. The molecule has 114 valence electrons. The molecule has 0 aliphatic carbocycles. The molecule has 0 fully saturated rings. The Kier molecular flexibility index (Phi) is 7.36. The molecule has 0 atom stereocenters. The number of carbonyl (C=O) groups is 1. The van der Waals surface area contributed by atoms with Gasteiger partial charge in [-0.1, -0.05) is 18.2 Å². The van der Waals surface area contributed by atoms with Crippen molar-refractivity contribution in [1.29, 1.82) is 0 Å². The third-order valence-electron chi connectivity index (χ3n) is 3.12. The zero-order chi connectivity index (χ0) is 14.4. The highest BCUT2D eigenvalue weighted by Crippen LogP contribution is 2.13. The third-order valence-corrected chi connectivity index (χ3v) is 3.76. The lowest BCUT2D eigenvalue weighted by Gasteiger charge is -2.18. The number of nitrogens with zero attached hydrogens (tertiary/aromatic N) is 2. The smallest absolute Gasteiger partial charge is 0.254 e. The summed E-state index contributed by atoms with van der Waals surface area (Å²) >= 11 is 1.55. The van der Waals surface area contributed by atoms with Gasteiger partial charge in [-0.05, 0) is 31.6 Å². The van der Waals surface area contributed by atoms with Crippen molar-refractivity contribution in [3.8, 4) is 0 Å². The van der Waals surface area contributed by atoms with E-state index in [9.17, 15) is 4.79 Å². The van der Waals surface area contributed by atoms with Crippen LogP contribution in [0.25, 0.3) is 0 Å². The maximum absolute atomic E-state index is 12.5. The molecule has 0 aliphatic heterocycles. The Bertz CT molecular complexity index is 560. The van der Waals surface area contributed by atoms with Crippen molar-refractivity contribution in [2.24, 2.45) is 0 Å². The molecule has 0 aliphatic rings. The van der Waals surface area contributed by atoms with E-state index in [0.29, 0.717) is 6.54 Å². The van der Waals surface area contributed by atoms with E-state index >= 15 is 0 Å². The van der Waals surface area contributed by atoms with Gasteiger partial charge in [-0.15, -0.1) is 23.7 Å². The SMILES string of the molecule is CNCCc1ccccc1C(=O)N(C)Cc1cscn1.Cl. The average molecular weight is 326 g/mol. The van der Waals surface area contributed by atoms with Crippen LogP contribution in [0, 0.1) is 0 Å². The molecule has 0 saturated heterocycles. The molecule has 2 aromatic rings. The van der Waals surface area contributed by atoms with Crippen LogP contribution in [-0.4, -0.2) is 36.4 Å². The van der Waals surface area contributed by atoms with Crippen LogP contribution in [0.15, 0.2) is 35.2 Å². The molecular weight excluding hydrogens is 306 g/mol. The Balaban J connectivity index is 0.00000220. The van der Waals surface area contributed by atoms with E-state index < -0.39 is 0 Å². The first-order valence-electron chi connectivity index (χ1n) is 6.57. The van der Waals surface area contributed by atoms with Crippen molar-refractivity contribution >= 4 is 29.7 Å². The number of aromatic nitrogens is 1. The third kappa shape index (κ3) is 4.81. The normalized spacial score (nSPS) is 10.0. The molecule has 1 heterocycles. The minimum absolute atomic E-state index is 0. The number of hydrogen-bond acceptors (Lipinski definition) is 4. The van der Waals surface area contributed by atoms with E-state index in [4.69, 9.17) is 0 Å². The molecular formula is C15H20ClN3OS. The second kappa shape index (κ2) is 8.77. The quantitative estimate of drug-likeness (QED) is 0.888. The number of thiazole rings is 1. The van der Waals surface area contributed by atoms with Gasteiger partial charge in [0.05, 0.1) is 17.7 Å². The number of amides is 1. The number of rotatable bonds is 6. The highest BCUT2D eigenvalue weighted by molar-refractivity contribution is 7.07. The van der Waals surface area contributed by atoms with E-state index in [-0.39, 0.29) is 18.3 Å². The lowest BCUT2D eigenvalue weighted by molar-refractivity contribution is 0.0782. The predicted octanol–water partition coefficient (Wildman–Crippen LogP) is 2.60. The van der Waals surface area contributed by atoms with Crippen LogP contribution >= 0.6 is 23.7 Å². The number of nitrogens with one attached hydrogen (secondary N) is 1. The molecule has 1 aromatic carbocycles. The first-order chi connectivity index (χ1) is 9.72. The number of likely N-dealkylation sites (N-methyl/N-ethyl adjacent to an activating group) is 1. The van der Waals surface area contributed by atoms with Crippen molar-refractivity contribution in [3.63, 3.8) is 0 Å². The van der Waals surface area contributed by atoms with Crippen LogP contribution in [0.4, 0.5) is 0 Å². The van der Waals surface area contributed by atoms with E-state index in [1.807, 2.05) is 43.7 Å². The summed E-state index contributed by atoms with van der Waals surface area (Å²) in [4.78, 5) is 18.5. The van der Waals surface area contributed by atoms with Gasteiger partial charge >= 0.3 is 0 Å². The van der Waals surface area contributed by atoms with Crippen LogP contribution in [-0.2, 0) is 13.0 Å². The molecule has 21 heavy (non-hydrogen) atoms. The van der Waals surface area contributed by atoms with Crippen LogP contribution in [0.1, 0.15) is 21.6 Å². The van der Waals surface area contributed by atoms with Gasteiger partial charge in [0, 0.05) is 18.0 Å². The molecule has 1 amide bonds. The fourth-order valence-corrected chi connectivity index (χ4v) is 2.59. The van der Waals surface area contributed by atoms with Gasteiger partial charge in [-0.25, -0.2) is 4.98 Å². The minimum atomic E-state index is 0. The fourth-order valence-electron chi connectivity index (χ4n) is 2.04. The molecule has 6 heteroatoms. The lowest BCUT2D eigenvalue weighted by Crippen LogP contribution is -2.27. The maximum atomic E-state index is 12.5. The fraction of sp³-hybridized carbons (Fsp3) is 0.333. The summed E-state index contributed by atoms with van der Waals surface area (Å²) in [6.45, 7) is 1.41. The maximum Gasteiger partial charge on any atom is 0.254 e. The average Bonchev–Trinajstić information content (AvgIpc) is 2.97. The summed E-state index contributed by atoms with van der Waals surface area (Å²) < 4.78 is 0. The van der Waals surface area contributed by atoms with E-state index in [2.05, 4.69) is 10.3 Å². The monoisotopic (exact) mass is 325 g/mol. The first kappa shape index (κ1) is 17.6. The summed E-state index contributed by atoms with van der Waals surface area (Å²) in [7, 11) is 3.73. The standard InChI is InChI=1S/C15H19N3OS.ClH/c1-16-8-7-12-5-3-4-6-14(12)15(19)18(2)9-13-10-20-11-17-13;/h3-6,10-11,16H,7-9H2,1-2H3;1H. The molecule has 0 saturated carbocycles. The van der Waals surface area contributed by atoms with Gasteiger partial charge in [0.1, 0.15) is 0 Å².